The van der Waals surface area contributed by atoms with Crippen molar-refractivity contribution in [2.24, 2.45) is 35.1 Å². The second kappa shape index (κ2) is 63.4. The van der Waals surface area contributed by atoms with Gasteiger partial charge in [-0.05, 0) is 119 Å². The van der Waals surface area contributed by atoms with Gasteiger partial charge in [0.15, 0.2) is 0 Å². The van der Waals surface area contributed by atoms with Gasteiger partial charge in [0, 0.05) is 19.3 Å². The van der Waals surface area contributed by atoms with Gasteiger partial charge < -0.3 is 148 Å². The molecule has 17 amide bonds. The van der Waals surface area contributed by atoms with Crippen LogP contribution < -0.4 is 102 Å². The van der Waals surface area contributed by atoms with E-state index in [1.807, 2.05) is 0 Å². The first kappa shape index (κ1) is 122. The van der Waals surface area contributed by atoms with Gasteiger partial charge in [0.2, 0.25) is 100 Å². The predicted octanol–water partition coefficient (Wildman–Crippen LogP) is -7.51. The number of nitrogens with two attached hydrogens (primary N) is 2. The van der Waals surface area contributed by atoms with Gasteiger partial charge in [-0.25, -0.2) is 4.79 Å². The fourth-order valence-electron chi connectivity index (χ4n) is 13.4. The van der Waals surface area contributed by atoms with Crippen molar-refractivity contribution in [3.05, 3.63) is 71.8 Å². The molecule has 2 aromatic carbocycles. The maximum atomic E-state index is 14.6. The molecule has 0 saturated heterocycles. The first-order valence-corrected chi connectivity index (χ1v) is 46.5. The molecule has 0 aliphatic heterocycles. The van der Waals surface area contributed by atoms with E-state index in [0.717, 1.165) is 6.92 Å². The third kappa shape index (κ3) is 46.3. The van der Waals surface area contributed by atoms with Crippen molar-refractivity contribution in [1.29, 1.82) is 0 Å². The van der Waals surface area contributed by atoms with Crippen LogP contribution in [0.3, 0.4) is 0 Å². The second-order valence-electron chi connectivity index (χ2n) is 34.4. The summed E-state index contributed by atoms with van der Waals surface area (Å²) >= 11 is 1.27. The Labute approximate surface area is 806 Å². The summed E-state index contributed by atoms with van der Waals surface area (Å²) in [4.78, 5) is 299. The molecule has 0 spiro atoms. The zero-order valence-corrected chi connectivity index (χ0v) is 80.2. The summed E-state index contributed by atoms with van der Waals surface area (Å²) in [5.41, 5.74) is 12.5. The number of rotatable bonds is 67. The van der Waals surface area contributed by atoms with E-state index in [1.54, 1.807) is 110 Å². The second-order valence-corrected chi connectivity index (χ2v) is 35.4. The minimum atomic E-state index is -2.17. The molecule has 19 atom stereocenters. The van der Waals surface area contributed by atoms with Crippen LogP contribution in [0.4, 0.5) is 0 Å². The molecular weight excluding hydrogens is 1850 g/mol. The van der Waals surface area contributed by atoms with Crippen LogP contribution in [-0.4, -0.2) is 330 Å². The highest BCUT2D eigenvalue weighted by atomic mass is 32.2. The molecule has 0 unspecified atom stereocenters. The van der Waals surface area contributed by atoms with Crippen LogP contribution in [-0.2, 0) is 118 Å². The Kier molecular flexibility index (Phi) is 55.6. The molecule has 139 heavy (non-hydrogen) atoms. The van der Waals surface area contributed by atoms with E-state index in [9.17, 15) is 151 Å². The maximum Gasteiger partial charge on any atom is 0.328 e. The average molecular weight is 1990 g/mol. The number of hydrogen-bond donors (Lipinski definition) is 28. The molecule has 0 aromatic heterocycles. The number of carbonyl (C=O) groups excluding carboxylic acids is 17. The van der Waals surface area contributed by atoms with Crippen LogP contribution in [0, 0.1) is 23.7 Å². The maximum absolute atomic E-state index is 14.6. The van der Waals surface area contributed by atoms with E-state index in [2.05, 4.69) is 90.4 Å². The Hall–Kier alpha value is -13.1. The number of unbranched alkanes of at least 4 members (excludes halogenated alkanes) is 1. The first-order valence-electron chi connectivity index (χ1n) is 45.1. The highest BCUT2D eigenvalue weighted by molar-refractivity contribution is 7.98. The molecule has 2 rings (SSSR count). The summed E-state index contributed by atoms with van der Waals surface area (Å²) in [6, 6.07) is -14.0. The Morgan fingerprint density at radius 1 is 0.345 bits per heavy atom. The Balaban J connectivity index is 2.48. The minimum absolute atomic E-state index is 0.0387. The molecular formula is C88H137N19O31S. The summed E-state index contributed by atoms with van der Waals surface area (Å²) in [5.74, 6) is -29.7. The number of hydrogen-bond acceptors (Lipinski definition) is 29. The molecule has 0 fully saturated rings. The lowest BCUT2D eigenvalue weighted by Crippen LogP contribution is -2.62. The standard InChI is InChI=1S/C88H137N19O31S/c1-12-46(8)70(90)86(135)91-39-65(112)107-71(48(10)111)87(136)103-61(38-69(119)120)81(130)94-51(25-19-20-29-89)73(122)95-52(26-27-66(113)114)74(123)96-56(33-45(6)7)78(127)105-63(41-109)85(134)102-60(37-68(117)118)82(131)98-54(31-43(2)3)76(125)97-55(32-44(4)5)77(126)101-59(36-67(115)116)83(132)100-57(34-49-21-15-13-16-22-49)79(128)104-62(40-108)84(133)92-47(9)72(121)93-53(28-30-139-11)75(124)99-58(35-50-23-17-14-18-24-50)80(129)106-64(42-110)88(137)138/h13-18,21-24,43-48,51-64,70-71,108-111H,12,19-20,25-42,89-90H2,1-11H3,(H,91,135)(H,92,133)(H,93,121)(H,94,130)(H,95,122)(H,96,123)(H,97,125)(H,98,131)(H,99,124)(H,100,132)(H,101,126)(H,102,134)(H,103,136)(H,104,128)(H,105,127)(H,106,129)(H,107,112)(H,113,114)(H,115,116)(H,117,118)(H,119,120)(H,137,138)/t46-,47-,48+,51-,52-,53-,54-,55-,56-,57-,58-,59-,60-,61-,62-,63-,64-,70-,71-/m0/s1. The molecule has 30 N–H and O–H groups in total. The molecule has 0 saturated carbocycles. The van der Waals surface area contributed by atoms with E-state index >= 15 is 0 Å². The molecule has 0 aliphatic rings. The molecule has 0 bridgehead atoms. The van der Waals surface area contributed by atoms with E-state index in [-0.39, 0.29) is 69.6 Å². The monoisotopic (exact) mass is 1990 g/mol. The van der Waals surface area contributed by atoms with Crippen LogP contribution in [0.5, 0.6) is 0 Å². The lowest BCUT2D eigenvalue weighted by molar-refractivity contribution is -0.143. The molecule has 0 aliphatic carbocycles. The zero-order chi connectivity index (χ0) is 105. The normalized spacial score (nSPS) is 15.3. The third-order valence-electron chi connectivity index (χ3n) is 21.2. The number of carboxylic acids is 5. The summed E-state index contributed by atoms with van der Waals surface area (Å²) in [5, 5.41) is 130. The van der Waals surface area contributed by atoms with Gasteiger partial charge in [-0.1, -0.05) is 122 Å². The number of benzene rings is 2. The van der Waals surface area contributed by atoms with Gasteiger partial charge in [0.25, 0.3) is 0 Å². The number of carboxylic acid groups (broad SMARTS) is 5. The average Bonchev–Trinajstić information content (AvgIpc) is 0.856. The van der Waals surface area contributed by atoms with E-state index in [1.165, 1.54) is 30.8 Å². The number of nitrogens with one attached hydrogen (secondary N) is 17. The summed E-state index contributed by atoms with van der Waals surface area (Å²) in [7, 11) is 0. The Bertz CT molecular complexity index is 4480. The smallest absolute Gasteiger partial charge is 0.328 e. The lowest BCUT2D eigenvalue weighted by Gasteiger charge is -2.29. The number of thioether (sulfide) groups is 1. The van der Waals surface area contributed by atoms with E-state index in [4.69, 9.17) is 11.5 Å². The van der Waals surface area contributed by atoms with Gasteiger partial charge in [-0.3, -0.25) is 101 Å². The van der Waals surface area contributed by atoms with Crippen molar-refractivity contribution in [3.63, 3.8) is 0 Å². The lowest BCUT2D eigenvalue weighted by atomic mass is 9.99. The van der Waals surface area contributed by atoms with Crippen molar-refractivity contribution in [1.82, 2.24) is 90.4 Å². The molecule has 50 nitrogen and oxygen atoms in total. The van der Waals surface area contributed by atoms with Gasteiger partial charge >= 0.3 is 29.8 Å². The van der Waals surface area contributed by atoms with Crippen LogP contribution >= 0.6 is 11.8 Å². The zero-order valence-electron chi connectivity index (χ0n) is 79.4. The van der Waals surface area contributed by atoms with Crippen molar-refractivity contribution in [3.8, 4) is 0 Å². The summed E-state index contributed by atoms with van der Waals surface area (Å²) in [6.07, 6.45) is -6.26. The first-order chi connectivity index (χ1) is 65.3. The van der Waals surface area contributed by atoms with Gasteiger partial charge in [0.1, 0.15) is 96.7 Å². The number of aliphatic hydroxyl groups is 4. The number of aliphatic carboxylic acids is 5. The quantitative estimate of drug-likeness (QED) is 0.0274. The van der Waals surface area contributed by atoms with E-state index in [0.29, 0.717) is 17.5 Å². The SMILES string of the molecule is CC[C@H](C)[C@H](N)C(=O)NCC(=O)N[C@H](C(=O)N[C@@H](CC(=O)O)C(=O)N[C@@H](CCCCN)C(=O)N[C@@H](CCC(=O)O)C(=O)N[C@@H](CC(C)C)C(=O)N[C@@H](CO)C(=O)N[C@@H](CC(=O)O)C(=O)N[C@@H](CC(C)C)C(=O)N[C@@H](CC(C)C)C(=O)N[C@@H](CC(=O)O)C(=O)N[C@@H](Cc1ccccc1)C(=O)N[C@@H](CO)C(=O)N[C@@H](C)C(=O)N[C@@H](CCSC)C(=O)N[C@@H](Cc1ccccc1)C(=O)N[C@@H](CO)C(=O)O)[C@@H](C)O. The number of carbonyl (C=O) groups is 22. The Morgan fingerprint density at radius 3 is 1.00 bits per heavy atom. The van der Waals surface area contributed by atoms with Gasteiger partial charge in [-0.15, -0.1) is 0 Å². The molecule has 0 radical (unpaired) electrons. The van der Waals surface area contributed by atoms with Crippen molar-refractivity contribution >= 4 is 142 Å². The van der Waals surface area contributed by atoms with Gasteiger partial charge in [-0.2, -0.15) is 11.8 Å². The molecule has 0 heterocycles. The van der Waals surface area contributed by atoms with Crippen molar-refractivity contribution < 1.29 is 151 Å². The fourth-order valence-corrected chi connectivity index (χ4v) is 13.9. The predicted molar refractivity (Wildman–Crippen MR) is 496 cm³/mol. The molecule has 51 heteroatoms. The van der Waals surface area contributed by atoms with E-state index < -0.39 is 322 Å². The highest BCUT2D eigenvalue weighted by Gasteiger charge is 2.41. The topological polar surface area (TPSA) is 814 Å². The van der Waals surface area contributed by atoms with Crippen molar-refractivity contribution in [2.75, 3.05) is 44.9 Å². The molecule has 2 aromatic rings. The molecule has 776 valence electrons. The minimum Gasteiger partial charge on any atom is -0.481 e. The summed E-state index contributed by atoms with van der Waals surface area (Å²) in [6.45, 7) is 11.0. The van der Waals surface area contributed by atoms with Crippen LogP contribution in [0.15, 0.2) is 60.7 Å². The number of aliphatic hydroxyl groups excluding tert-OH is 4. The fraction of sp³-hybridized carbons (Fsp3) is 0.614. The van der Waals surface area contributed by atoms with Crippen molar-refractivity contribution in [2.45, 2.75) is 274 Å². The number of amides is 17. The van der Waals surface area contributed by atoms with Crippen LogP contribution in [0.1, 0.15) is 164 Å². The van der Waals surface area contributed by atoms with Crippen LogP contribution in [0.25, 0.3) is 0 Å². The van der Waals surface area contributed by atoms with Gasteiger partial charge in [0.05, 0.1) is 57.8 Å². The highest BCUT2D eigenvalue weighted by Crippen LogP contribution is 2.17. The van der Waals surface area contributed by atoms with Crippen LogP contribution in [0.2, 0.25) is 0 Å². The largest absolute Gasteiger partial charge is 0.481 e. The summed E-state index contributed by atoms with van der Waals surface area (Å²) < 4.78 is 0. The third-order valence-corrected chi connectivity index (χ3v) is 21.9. The Morgan fingerprint density at radius 2 is 0.655 bits per heavy atom.